The van der Waals surface area contributed by atoms with Gasteiger partial charge >= 0.3 is 0 Å². The number of aliphatic hydroxyl groups is 1. The molecular weight excluding hydrogens is 222 g/mol. The third kappa shape index (κ3) is 4.55. The van der Waals surface area contributed by atoms with Gasteiger partial charge in [0.1, 0.15) is 6.23 Å². The predicted octanol–water partition coefficient (Wildman–Crippen LogP) is 4.03. The van der Waals surface area contributed by atoms with Gasteiger partial charge in [0.25, 0.3) is 0 Å². The summed E-state index contributed by atoms with van der Waals surface area (Å²) in [4.78, 5) is 2.26. The third-order valence-corrected chi connectivity index (χ3v) is 4.68. The summed E-state index contributed by atoms with van der Waals surface area (Å²) < 4.78 is 0. The van der Waals surface area contributed by atoms with Crippen molar-refractivity contribution in [1.82, 2.24) is 4.90 Å². The molecule has 0 aromatic carbocycles. The van der Waals surface area contributed by atoms with Crippen molar-refractivity contribution in [2.75, 3.05) is 7.05 Å². The van der Waals surface area contributed by atoms with E-state index in [0.717, 1.165) is 24.7 Å². The minimum atomic E-state index is -0.249. The summed E-state index contributed by atoms with van der Waals surface area (Å²) in [6.45, 7) is 6.84. The summed E-state index contributed by atoms with van der Waals surface area (Å²) in [5.41, 5.74) is 0. The highest BCUT2D eigenvalue weighted by Crippen LogP contribution is 2.32. The number of hydrogen-bond donors (Lipinski definition) is 1. The van der Waals surface area contributed by atoms with Gasteiger partial charge in [-0.1, -0.05) is 52.9 Å². The largest absolute Gasteiger partial charge is 0.378 e. The zero-order valence-electron chi connectivity index (χ0n) is 12.9. The summed E-state index contributed by atoms with van der Waals surface area (Å²) in [6, 6.07) is 0.576. The second kappa shape index (κ2) is 8.16. The maximum absolute atomic E-state index is 10.3. The van der Waals surface area contributed by atoms with Crippen molar-refractivity contribution in [1.29, 1.82) is 0 Å². The average Bonchev–Trinajstić information content (AvgIpc) is 2.27. The van der Waals surface area contributed by atoms with Gasteiger partial charge in [0.15, 0.2) is 0 Å². The minimum Gasteiger partial charge on any atom is -0.378 e. The molecule has 1 aliphatic carbocycles. The Morgan fingerprint density at radius 2 is 1.72 bits per heavy atom. The Labute approximate surface area is 114 Å². The molecule has 3 unspecified atom stereocenters. The number of hydrogen-bond acceptors (Lipinski definition) is 2. The molecular formula is C16H33NO. The predicted molar refractivity (Wildman–Crippen MR) is 78.5 cm³/mol. The quantitative estimate of drug-likeness (QED) is 0.750. The van der Waals surface area contributed by atoms with E-state index in [-0.39, 0.29) is 6.23 Å². The van der Waals surface area contributed by atoms with Crippen molar-refractivity contribution in [3.05, 3.63) is 0 Å². The van der Waals surface area contributed by atoms with Crippen LogP contribution in [0, 0.1) is 11.8 Å². The van der Waals surface area contributed by atoms with Crippen molar-refractivity contribution >= 4 is 0 Å². The van der Waals surface area contributed by atoms with Crippen LogP contribution in [-0.4, -0.2) is 29.3 Å². The van der Waals surface area contributed by atoms with Gasteiger partial charge in [0.2, 0.25) is 0 Å². The van der Waals surface area contributed by atoms with Crippen molar-refractivity contribution < 1.29 is 5.11 Å². The van der Waals surface area contributed by atoms with E-state index in [4.69, 9.17) is 0 Å². The molecule has 1 aliphatic rings. The van der Waals surface area contributed by atoms with Crippen LogP contribution in [0.15, 0.2) is 0 Å². The summed E-state index contributed by atoms with van der Waals surface area (Å²) in [5, 5.41) is 10.3. The van der Waals surface area contributed by atoms with Crippen LogP contribution < -0.4 is 0 Å². The zero-order valence-corrected chi connectivity index (χ0v) is 12.9. The van der Waals surface area contributed by atoms with Gasteiger partial charge in [-0.2, -0.15) is 0 Å². The number of nitrogens with zero attached hydrogens (tertiary/aromatic N) is 1. The molecule has 0 aromatic rings. The SMILES string of the molecule is CCCC(O)N(C)C1CCCCCCC1C(C)C. The first kappa shape index (κ1) is 16.0. The molecule has 3 atom stereocenters. The van der Waals surface area contributed by atoms with Crippen molar-refractivity contribution in [3.63, 3.8) is 0 Å². The maximum Gasteiger partial charge on any atom is 0.107 e. The van der Waals surface area contributed by atoms with Gasteiger partial charge < -0.3 is 5.11 Å². The molecule has 2 nitrogen and oxygen atoms in total. The molecule has 0 saturated heterocycles. The normalized spacial score (nSPS) is 28.2. The highest BCUT2D eigenvalue weighted by molar-refractivity contribution is 4.82. The Kier molecular flexibility index (Phi) is 7.25. The summed E-state index contributed by atoms with van der Waals surface area (Å²) in [7, 11) is 2.13. The topological polar surface area (TPSA) is 23.5 Å². The van der Waals surface area contributed by atoms with Crippen molar-refractivity contribution in [2.45, 2.75) is 84.4 Å². The van der Waals surface area contributed by atoms with E-state index in [1.165, 1.54) is 38.5 Å². The molecule has 1 N–H and O–H groups in total. The van der Waals surface area contributed by atoms with Crippen LogP contribution in [0.5, 0.6) is 0 Å². The van der Waals surface area contributed by atoms with E-state index < -0.39 is 0 Å². The molecule has 0 bridgehead atoms. The van der Waals surface area contributed by atoms with Crippen LogP contribution in [0.3, 0.4) is 0 Å². The monoisotopic (exact) mass is 255 g/mol. The van der Waals surface area contributed by atoms with Gasteiger partial charge in [-0.15, -0.1) is 0 Å². The summed E-state index contributed by atoms with van der Waals surface area (Å²) >= 11 is 0. The number of rotatable bonds is 5. The molecule has 1 fully saturated rings. The molecule has 0 heterocycles. The molecule has 0 aliphatic heterocycles. The lowest BCUT2D eigenvalue weighted by atomic mass is 9.79. The van der Waals surface area contributed by atoms with Gasteiger partial charge in [-0.3, -0.25) is 4.90 Å². The van der Waals surface area contributed by atoms with Crippen LogP contribution in [0.4, 0.5) is 0 Å². The van der Waals surface area contributed by atoms with Crippen LogP contribution in [0.2, 0.25) is 0 Å². The zero-order chi connectivity index (χ0) is 13.5. The van der Waals surface area contributed by atoms with E-state index in [1.807, 2.05) is 0 Å². The van der Waals surface area contributed by atoms with E-state index in [0.29, 0.717) is 6.04 Å². The van der Waals surface area contributed by atoms with E-state index >= 15 is 0 Å². The van der Waals surface area contributed by atoms with Crippen LogP contribution >= 0.6 is 0 Å². The van der Waals surface area contributed by atoms with Crippen molar-refractivity contribution in [2.24, 2.45) is 11.8 Å². The Bertz CT molecular complexity index is 217. The molecule has 1 saturated carbocycles. The second-order valence-electron chi connectivity index (χ2n) is 6.40. The van der Waals surface area contributed by atoms with Crippen molar-refractivity contribution in [3.8, 4) is 0 Å². The van der Waals surface area contributed by atoms with Crippen LogP contribution in [0.25, 0.3) is 0 Å². The third-order valence-electron chi connectivity index (χ3n) is 4.68. The first-order valence-electron chi connectivity index (χ1n) is 7.98. The molecule has 0 radical (unpaired) electrons. The van der Waals surface area contributed by atoms with Gasteiger partial charge in [0, 0.05) is 6.04 Å². The fraction of sp³-hybridized carbons (Fsp3) is 1.00. The smallest absolute Gasteiger partial charge is 0.107 e. The highest BCUT2D eigenvalue weighted by Gasteiger charge is 2.30. The lowest BCUT2D eigenvalue weighted by Crippen LogP contribution is -2.46. The maximum atomic E-state index is 10.3. The van der Waals surface area contributed by atoms with Gasteiger partial charge in [-0.05, 0) is 38.1 Å². The molecule has 18 heavy (non-hydrogen) atoms. The Hall–Kier alpha value is -0.0800. The van der Waals surface area contributed by atoms with Gasteiger partial charge in [-0.25, -0.2) is 0 Å². The van der Waals surface area contributed by atoms with E-state index in [9.17, 15) is 5.11 Å². The Balaban J connectivity index is 2.69. The first-order valence-corrected chi connectivity index (χ1v) is 7.98. The fourth-order valence-electron chi connectivity index (χ4n) is 3.46. The first-order chi connectivity index (χ1) is 8.57. The second-order valence-corrected chi connectivity index (χ2v) is 6.40. The number of aliphatic hydroxyl groups excluding tert-OH is 1. The average molecular weight is 255 g/mol. The Morgan fingerprint density at radius 3 is 2.28 bits per heavy atom. The van der Waals surface area contributed by atoms with E-state index in [1.54, 1.807) is 0 Å². The lowest BCUT2D eigenvalue weighted by Gasteiger charge is -2.40. The summed E-state index contributed by atoms with van der Waals surface area (Å²) in [6.07, 6.45) is 9.79. The molecule has 0 aromatic heterocycles. The standard InChI is InChI=1S/C16H33NO/c1-5-10-16(18)17(4)15-12-9-7-6-8-11-14(15)13(2)3/h13-16,18H,5-12H2,1-4H3. The molecule has 0 amide bonds. The van der Waals surface area contributed by atoms with Crippen LogP contribution in [-0.2, 0) is 0 Å². The highest BCUT2D eigenvalue weighted by atomic mass is 16.3. The Morgan fingerprint density at radius 1 is 1.11 bits per heavy atom. The molecule has 108 valence electrons. The van der Waals surface area contributed by atoms with Crippen LogP contribution in [0.1, 0.15) is 72.1 Å². The molecule has 2 heteroatoms. The summed E-state index contributed by atoms with van der Waals surface area (Å²) in [5.74, 6) is 1.48. The van der Waals surface area contributed by atoms with Gasteiger partial charge in [0.05, 0.1) is 0 Å². The molecule has 1 rings (SSSR count). The van der Waals surface area contributed by atoms with E-state index in [2.05, 4.69) is 32.7 Å². The lowest BCUT2D eigenvalue weighted by molar-refractivity contribution is -0.0403. The molecule has 0 spiro atoms. The fourth-order valence-corrected chi connectivity index (χ4v) is 3.46. The minimum absolute atomic E-state index is 0.249.